The first-order chi connectivity index (χ1) is 12.3. The lowest BCUT2D eigenvalue weighted by Gasteiger charge is -2.20. The van der Waals surface area contributed by atoms with E-state index in [1.165, 1.54) is 6.07 Å². The van der Waals surface area contributed by atoms with Gasteiger partial charge in [-0.2, -0.15) is 0 Å². The summed E-state index contributed by atoms with van der Waals surface area (Å²) >= 11 is 0. The van der Waals surface area contributed by atoms with E-state index in [-0.39, 0.29) is 28.6 Å². The molecule has 1 aliphatic carbocycles. The van der Waals surface area contributed by atoms with E-state index < -0.39 is 0 Å². The van der Waals surface area contributed by atoms with E-state index in [0.29, 0.717) is 35.3 Å². The van der Waals surface area contributed by atoms with Crippen LogP contribution in [-0.2, 0) is 0 Å². The zero-order valence-electron chi connectivity index (χ0n) is 15.2. The van der Waals surface area contributed by atoms with E-state index in [4.69, 9.17) is 0 Å². The van der Waals surface area contributed by atoms with E-state index in [0.717, 1.165) is 0 Å². The Morgan fingerprint density at radius 2 is 1.42 bits per heavy atom. The summed E-state index contributed by atoms with van der Waals surface area (Å²) in [5.74, 6) is -0.668. The van der Waals surface area contributed by atoms with Gasteiger partial charge in [0, 0.05) is 46.4 Å². The van der Waals surface area contributed by atoms with Crippen LogP contribution in [0.4, 0.5) is 0 Å². The Balaban J connectivity index is 1.78. The van der Waals surface area contributed by atoms with Gasteiger partial charge in [-0.05, 0) is 39.0 Å². The first kappa shape index (κ1) is 18.0. The average Bonchev–Trinajstić information content (AvgIpc) is 2.62. The van der Waals surface area contributed by atoms with Crippen LogP contribution in [0.25, 0.3) is 0 Å². The summed E-state index contributed by atoms with van der Waals surface area (Å²) in [5.41, 5.74) is 1.79. The number of benzene rings is 2. The molecule has 5 heteroatoms. The van der Waals surface area contributed by atoms with Crippen LogP contribution in [-0.4, -0.2) is 36.1 Å². The number of hydrogen-bond acceptors (Lipinski definition) is 4. The van der Waals surface area contributed by atoms with Crippen molar-refractivity contribution in [2.45, 2.75) is 26.3 Å². The SMILES string of the molecule is CC(C)(C)NCCNC(=O)c1ccc2c(c1)C(=O)c1ccccc1C2=O. The lowest BCUT2D eigenvalue weighted by atomic mass is 9.83. The largest absolute Gasteiger partial charge is 0.351 e. The third kappa shape index (κ3) is 3.58. The standard InChI is InChI=1S/C21H22N2O3/c1-21(2,3)23-11-10-22-20(26)13-8-9-16-17(12-13)19(25)15-7-5-4-6-14(15)18(16)24/h4-9,12,23H,10-11H2,1-3H3,(H,22,26). The van der Waals surface area contributed by atoms with Crippen molar-refractivity contribution in [2.75, 3.05) is 13.1 Å². The fourth-order valence-electron chi connectivity index (χ4n) is 2.96. The van der Waals surface area contributed by atoms with Gasteiger partial charge in [-0.1, -0.05) is 24.3 Å². The molecule has 0 saturated carbocycles. The van der Waals surface area contributed by atoms with Crippen molar-refractivity contribution >= 4 is 17.5 Å². The molecule has 0 heterocycles. The van der Waals surface area contributed by atoms with Crippen molar-refractivity contribution in [3.63, 3.8) is 0 Å². The van der Waals surface area contributed by atoms with Gasteiger partial charge in [-0.3, -0.25) is 14.4 Å². The van der Waals surface area contributed by atoms with Crippen LogP contribution < -0.4 is 10.6 Å². The van der Waals surface area contributed by atoms with Crippen LogP contribution in [0.2, 0.25) is 0 Å². The van der Waals surface area contributed by atoms with Gasteiger partial charge < -0.3 is 10.6 Å². The zero-order valence-corrected chi connectivity index (χ0v) is 15.2. The molecule has 134 valence electrons. The fraction of sp³-hybridized carbons (Fsp3) is 0.286. The minimum absolute atomic E-state index is 0.0171. The maximum absolute atomic E-state index is 12.7. The number of carbonyl (C=O) groups excluding carboxylic acids is 3. The van der Waals surface area contributed by atoms with Gasteiger partial charge in [-0.25, -0.2) is 0 Å². The predicted molar refractivity (Wildman–Crippen MR) is 99.8 cm³/mol. The second-order valence-electron chi connectivity index (χ2n) is 7.40. The van der Waals surface area contributed by atoms with Gasteiger partial charge >= 0.3 is 0 Å². The molecule has 2 aromatic rings. The van der Waals surface area contributed by atoms with Gasteiger partial charge in [0.1, 0.15) is 0 Å². The second kappa shape index (κ2) is 6.84. The van der Waals surface area contributed by atoms with Gasteiger partial charge in [0.05, 0.1) is 0 Å². The number of nitrogens with one attached hydrogen (secondary N) is 2. The maximum atomic E-state index is 12.7. The molecule has 1 aliphatic rings. The molecule has 26 heavy (non-hydrogen) atoms. The van der Waals surface area contributed by atoms with E-state index in [1.807, 2.05) is 0 Å². The Morgan fingerprint density at radius 1 is 0.846 bits per heavy atom. The molecule has 0 spiro atoms. The van der Waals surface area contributed by atoms with Gasteiger partial charge in [0.15, 0.2) is 11.6 Å². The van der Waals surface area contributed by atoms with Crippen LogP contribution in [0.1, 0.15) is 63.0 Å². The van der Waals surface area contributed by atoms with Crippen LogP contribution in [0.15, 0.2) is 42.5 Å². The Kier molecular flexibility index (Phi) is 4.74. The molecule has 0 atom stereocenters. The normalized spacial score (nSPS) is 13.2. The zero-order chi connectivity index (χ0) is 18.9. The van der Waals surface area contributed by atoms with Gasteiger partial charge in [0.25, 0.3) is 5.91 Å². The van der Waals surface area contributed by atoms with E-state index in [2.05, 4.69) is 31.4 Å². The molecule has 1 amide bonds. The number of ketones is 2. The Bertz CT molecular complexity index is 894. The van der Waals surface area contributed by atoms with E-state index in [1.54, 1.807) is 36.4 Å². The maximum Gasteiger partial charge on any atom is 0.251 e. The van der Waals surface area contributed by atoms with Gasteiger partial charge in [0.2, 0.25) is 0 Å². The first-order valence-electron chi connectivity index (χ1n) is 8.63. The Morgan fingerprint density at radius 3 is 2.04 bits per heavy atom. The quantitative estimate of drug-likeness (QED) is 0.709. The highest BCUT2D eigenvalue weighted by Gasteiger charge is 2.29. The van der Waals surface area contributed by atoms with Crippen molar-refractivity contribution in [3.8, 4) is 0 Å². The number of rotatable bonds is 4. The fourth-order valence-corrected chi connectivity index (χ4v) is 2.96. The highest BCUT2D eigenvalue weighted by molar-refractivity contribution is 6.28. The third-order valence-electron chi connectivity index (χ3n) is 4.25. The predicted octanol–water partition coefficient (Wildman–Crippen LogP) is 2.58. The Labute approximate surface area is 152 Å². The lowest BCUT2D eigenvalue weighted by Crippen LogP contribution is -2.41. The van der Waals surface area contributed by atoms with Crippen LogP contribution in [0.5, 0.6) is 0 Å². The number of hydrogen-bond donors (Lipinski definition) is 2. The molecule has 0 aromatic heterocycles. The number of carbonyl (C=O) groups is 3. The average molecular weight is 350 g/mol. The molecule has 2 aromatic carbocycles. The van der Waals surface area contributed by atoms with Crippen LogP contribution in [0.3, 0.4) is 0 Å². The summed E-state index contributed by atoms with van der Waals surface area (Å²) in [6.07, 6.45) is 0. The van der Waals surface area contributed by atoms with Gasteiger partial charge in [-0.15, -0.1) is 0 Å². The van der Waals surface area contributed by atoms with Crippen LogP contribution in [0, 0.1) is 0 Å². The Hall–Kier alpha value is -2.79. The summed E-state index contributed by atoms with van der Waals surface area (Å²) in [4.78, 5) is 37.6. The number of amides is 1. The highest BCUT2D eigenvalue weighted by atomic mass is 16.2. The van der Waals surface area contributed by atoms with Crippen molar-refractivity contribution in [3.05, 3.63) is 70.3 Å². The molecule has 0 radical (unpaired) electrons. The summed E-state index contributed by atoms with van der Waals surface area (Å²) in [6, 6.07) is 11.4. The molecule has 0 saturated heterocycles. The minimum atomic E-state index is -0.261. The van der Waals surface area contributed by atoms with Crippen LogP contribution >= 0.6 is 0 Å². The molecule has 0 aliphatic heterocycles. The molecule has 5 nitrogen and oxygen atoms in total. The molecular formula is C21H22N2O3. The topological polar surface area (TPSA) is 75.3 Å². The van der Waals surface area contributed by atoms with E-state index in [9.17, 15) is 14.4 Å². The summed E-state index contributed by atoms with van der Waals surface area (Å²) in [7, 11) is 0. The molecule has 0 fully saturated rings. The lowest BCUT2D eigenvalue weighted by molar-refractivity contribution is 0.0950. The molecule has 2 N–H and O–H groups in total. The summed E-state index contributed by atoms with van der Waals surface area (Å²) in [6.45, 7) is 7.28. The smallest absolute Gasteiger partial charge is 0.251 e. The summed E-state index contributed by atoms with van der Waals surface area (Å²) in [5, 5.41) is 6.11. The van der Waals surface area contributed by atoms with Crippen molar-refractivity contribution < 1.29 is 14.4 Å². The first-order valence-corrected chi connectivity index (χ1v) is 8.63. The summed E-state index contributed by atoms with van der Waals surface area (Å²) < 4.78 is 0. The van der Waals surface area contributed by atoms with Crippen molar-refractivity contribution in [2.24, 2.45) is 0 Å². The molecule has 3 rings (SSSR count). The molecule has 0 unspecified atom stereocenters. The van der Waals surface area contributed by atoms with Crippen molar-refractivity contribution in [1.29, 1.82) is 0 Å². The highest BCUT2D eigenvalue weighted by Crippen LogP contribution is 2.27. The second-order valence-corrected chi connectivity index (χ2v) is 7.40. The molecular weight excluding hydrogens is 328 g/mol. The molecule has 0 bridgehead atoms. The van der Waals surface area contributed by atoms with E-state index >= 15 is 0 Å². The van der Waals surface area contributed by atoms with Crippen molar-refractivity contribution in [1.82, 2.24) is 10.6 Å². The monoisotopic (exact) mass is 350 g/mol. The third-order valence-corrected chi connectivity index (χ3v) is 4.25. The minimum Gasteiger partial charge on any atom is -0.351 e. The number of fused-ring (bicyclic) bond motifs is 2.